The molecule has 0 spiro atoms. The van der Waals surface area contributed by atoms with Crippen molar-refractivity contribution in [1.29, 1.82) is 0 Å². The summed E-state index contributed by atoms with van der Waals surface area (Å²) in [6.07, 6.45) is 2.90. The number of anilines is 1. The first kappa shape index (κ1) is 15.6. The number of nitro groups is 1. The molecule has 1 aromatic carbocycles. The van der Waals surface area contributed by atoms with Gasteiger partial charge in [0.25, 0.3) is 5.69 Å². The van der Waals surface area contributed by atoms with E-state index in [2.05, 4.69) is 14.8 Å². The minimum atomic E-state index is -0.367. The van der Waals surface area contributed by atoms with Gasteiger partial charge in [-0.2, -0.15) is 0 Å². The molecule has 3 rings (SSSR count). The molecule has 1 atom stereocenters. The highest BCUT2D eigenvalue weighted by Crippen LogP contribution is 2.33. The van der Waals surface area contributed by atoms with Crippen LogP contribution in [0, 0.1) is 10.1 Å². The predicted octanol–water partition coefficient (Wildman–Crippen LogP) is 1.65. The van der Waals surface area contributed by atoms with Crippen molar-refractivity contribution in [1.82, 2.24) is 9.88 Å². The summed E-state index contributed by atoms with van der Waals surface area (Å²) in [5, 5.41) is 22.1. The van der Waals surface area contributed by atoms with Crippen LogP contribution in [0.5, 0.6) is 0 Å². The quantitative estimate of drug-likeness (QED) is 0.682. The van der Waals surface area contributed by atoms with Crippen molar-refractivity contribution >= 4 is 22.1 Å². The summed E-state index contributed by atoms with van der Waals surface area (Å²) in [4.78, 5) is 19.3. The number of rotatable bonds is 4. The van der Waals surface area contributed by atoms with Crippen LogP contribution in [-0.4, -0.2) is 58.7 Å². The van der Waals surface area contributed by atoms with Gasteiger partial charge in [0.15, 0.2) is 0 Å². The van der Waals surface area contributed by atoms with Gasteiger partial charge in [-0.05, 0) is 19.1 Å². The number of hydrogen-bond donors (Lipinski definition) is 1. The van der Waals surface area contributed by atoms with Crippen molar-refractivity contribution in [3.05, 3.63) is 40.7 Å². The molecule has 1 saturated heterocycles. The van der Waals surface area contributed by atoms with E-state index in [1.54, 1.807) is 25.4 Å². The number of pyridine rings is 1. The molecule has 2 aromatic rings. The third-order valence-corrected chi connectivity index (χ3v) is 4.20. The minimum absolute atomic E-state index is 0.0876. The van der Waals surface area contributed by atoms with Crippen LogP contribution < -0.4 is 4.90 Å². The molecular formula is C16H20N4O3. The van der Waals surface area contributed by atoms with E-state index >= 15 is 0 Å². The van der Waals surface area contributed by atoms with E-state index in [1.165, 1.54) is 0 Å². The standard InChI is InChI=1S/C16H20N4O3/c1-12(21)11-18-6-8-19(9-7-18)15-2-3-16(20(22)23)14-10-17-5-4-13(14)15/h2-5,10,12,21H,6-9,11H2,1H3/t12-/m1/s1. The Morgan fingerprint density at radius 3 is 2.65 bits per heavy atom. The molecule has 1 N–H and O–H groups in total. The zero-order chi connectivity index (χ0) is 16.4. The normalized spacial score (nSPS) is 17.4. The summed E-state index contributed by atoms with van der Waals surface area (Å²) in [6, 6.07) is 5.21. The molecule has 1 aliphatic heterocycles. The second-order valence-electron chi connectivity index (χ2n) is 5.92. The van der Waals surface area contributed by atoms with Gasteiger partial charge in [0, 0.05) is 62.3 Å². The third-order valence-electron chi connectivity index (χ3n) is 4.20. The second-order valence-corrected chi connectivity index (χ2v) is 5.92. The van der Waals surface area contributed by atoms with Gasteiger partial charge in [0.2, 0.25) is 0 Å². The van der Waals surface area contributed by atoms with Crippen molar-refractivity contribution in [2.45, 2.75) is 13.0 Å². The van der Waals surface area contributed by atoms with Gasteiger partial charge in [-0.1, -0.05) is 0 Å². The Labute approximate surface area is 134 Å². The highest BCUT2D eigenvalue weighted by molar-refractivity contribution is 5.99. The molecule has 0 amide bonds. The van der Waals surface area contributed by atoms with E-state index in [-0.39, 0.29) is 16.7 Å². The monoisotopic (exact) mass is 316 g/mol. The van der Waals surface area contributed by atoms with Crippen LogP contribution in [0.3, 0.4) is 0 Å². The van der Waals surface area contributed by atoms with Crippen LogP contribution in [-0.2, 0) is 0 Å². The fourth-order valence-corrected chi connectivity index (χ4v) is 3.14. The van der Waals surface area contributed by atoms with E-state index in [1.807, 2.05) is 12.1 Å². The molecule has 23 heavy (non-hydrogen) atoms. The van der Waals surface area contributed by atoms with Crippen molar-refractivity contribution in [3.8, 4) is 0 Å². The lowest BCUT2D eigenvalue weighted by Crippen LogP contribution is -2.48. The maximum absolute atomic E-state index is 11.2. The van der Waals surface area contributed by atoms with E-state index in [0.29, 0.717) is 11.9 Å². The van der Waals surface area contributed by atoms with Gasteiger partial charge < -0.3 is 10.0 Å². The summed E-state index contributed by atoms with van der Waals surface area (Å²) < 4.78 is 0. The van der Waals surface area contributed by atoms with Crippen LogP contribution in [0.15, 0.2) is 30.6 Å². The van der Waals surface area contributed by atoms with Gasteiger partial charge in [-0.15, -0.1) is 0 Å². The smallest absolute Gasteiger partial charge is 0.278 e. The van der Waals surface area contributed by atoms with E-state index < -0.39 is 0 Å². The summed E-state index contributed by atoms with van der Waals surface area (Å²) in [5.74, 6) is 0. The second kappa shape index (κ2) is 6.47. The first-order valence-electron chi connectivity index (χ1n) is 7.73. The zero-order valence-corrected chi connectivity index (χ0v) is 13.1. The topological polar surface area (TPSA) is 82.7 Å². The van der Waals surface area contributed by atoms with Crippen molar-refractivity contribution < 1.29 is 10.0 Å². The largest absolute Gasteiger partial charge is 0.392 e. The number of nitro benzene ring substituents is 1. The lowest BCUT2D eigenvalue weighted by atomic mass is 10.1. The average molecular weight is 316 g/mol. The number of hydrogen-bond acceptors (Lipinski definition) is 6. The van der Waals surface area contributed by atoms with E-state index in [9.17, 15) is 15.2 Å². The number of β-amino-alcohol motifs (C(OH)–C–C–N with tert-alkyl or cyclic N) is 1. The van der Waals surface area contributed by atoms with Crippen LogP contribution in [0.4, 0.5) is 11.4 Å². The fourth-order valence-electron chi connectivity index (χ4n) is 3.14. The molecule has 1 fully saturated rings. The molecule has 0 saturated carbocycles. The number of aromatic nitrogens is 1. The number of aliphatic hydroxyl groups is 1. The zero-order valence-electron chi connectivity index (χ0n) is 13.1. The van der Waals surface area contributed by atoms with E-state index in [4.69, 9.17) is 0 Å². The third kappa shape index (κ3) is 3.25. The molecule has 0 unspecified atom stereocenters. The van der Waals surface area contributed by atoms with Gasteiger partial charge in [-0.25, -0.2) is 0 Å². The lowest BCUT2D eigenvalue weighted by molar-refractivity contribution is -0.383. The van der Waals surface area contributed by atoms with Gasteiger partial charge in [-0.3, -0.25) is 20.0 Å². The summed E-state index contributed by atoms with van der Waals surface area (Å²) in [6.45, 7) is 5.88. The Morgan fingerprint density at radius 2 is 2.00 bits per heavy atom. The fraction of sp³-hybridized carbons (Fsp3) is 0.438. The Kier molecular flexibility index (Phi) is 4.40. The molecule has 0 bridgehead atoms. The molecule has 7 heteroatoms. The van der Waals surface area contributed by atoms with Crippen LogP contribution in [0.2, 0.25) is 0 Å². The molecular weight excluding hydrogens is 296 g/mol. The van der Waals surface area contributed by atoms with Crippen molar-refractivity contribution in [3.63, 3.8) is 0 Å². The summed E-state index contributed by atoms with van der Waals surface area (Å²) in [5.41, 5.74) is 1.09. The highest BCUT2D eigenvalue weighted by Gasteiger charge is 2.22. The number of piperazine rings is 1. The minimum Gasteiger partial charge on any atom is -0.392 e. The maximum Gasteiger partial charge on any atom is 0.278 e. The van der Waals surface area contributed by atoms with Gasteiger partial charge in [0.05, 0.1) is 16.4 Å². The van der Waals surface area contributed by atoms with Gasteiger partial charge >= 0.3 is 0 Å². The van der Waals surface area contributed by atoms with Gasteiger partial charge in [0.1, 0.15) is 0 Å². The summed E-state index contributed by atoms with van der Waals surface area (Å²) in [7, 11) is 0. The maximum atomic E-state index is 11.2. The number of benzene rings is 1. The van der Waals surface area contributed by atoms with E-state index in [0.717, 1.165) is 37.3 Å². The molecule has 7 nitrogen and oxygen atoms in total. The van der Waals surface area contributed by atoms with Crippen molar-refractivity contribution in [2.75, 3.05) is 37.6 Å². The number of non-ortho nitro benzene ring substituents is 1. The average Bonchev–Trinajstić information content (AvgIpc) is 2.54. The number of fused-ring (bicyclic) bond motifs is 1. The van der Waals surface area contributed by atoms with Crippen molar-refractivity contribution in [2.24, 2.45) is 0 Å². The van der Waals surface area contributed by atoms with Crippen LogP contribution >= 0.6 is 0 Å². The van der Waals surface area contributed by atoms with Crippen LogP contribution in [0.25, 0.3) is 10.8 Å². The Balaban J connectivity index is 1.87. The Bertz CT molecular complexity index is 712. The van der Waals surface area contributed by atoms with Crippen LogP contribution in [0.1, 0.15) is 6.92 Å². The first-order chi connectivity index (χ1) is 11.1. The number of nitrogens with zero attached hydrogens (tertiary/aromatic N) is 4. The predicted molar refractivity (Wildman–Crippen MR) is 88.7 cm³/mol. The lowest BCUT2D eigenvalue weighted by Gasteiger charge is -2.37. The number of aliphatic hydroxyl groups excluding tert-OH is 1. The molecule has 1 aliphatic rings. The molecule has 1 aromatic heterocycles. The first-order valence-corrected chi connectivity index (χ1v) is 7.73. The molecule has 122 valence electrons. The Hall–Kier alpha value is -2.25. The molecule has 2 heterocycles. The molecule has 0 radical (unpaired) electrons. The summed E-state index contributed by atoms with van der Waals surface area (Å²) >= 11 is 0. The SMILES string of the molecule is C[C@@H](O)CN1CCN(c2ccc([N+](=O)[O-])c3cnccc23)CC1. The molecule has 0 aliphatic carbocycles. The highest BCUT2D eigenvalue weighted by atomic mass is 16.6. The Morgan fingerprint density at radius 1 is 1.26 bits per heavy atom.